The Kier molecular flexibility index (Phi) is 6.55. The van der Waals surface area contributed by atoms with Crippen molar-refractivity contribution in [1.82, 2.24) is 5.32 Å². The maximum absolute atomic E-state index is 12.7. The van der Waals surface area contributed by atoms with Crippen LogP contribution in [0.15, 0.2) is 48.5 Å². The molecule has 2 aromatic carbocycles. The van der Waals surface area contributed by atoms with Crippen molar-refractivity contribution in [2.24, 2.45) is 0 Å². The fourth-order valence-corrected chi connectivity index (χ4v) is 2.92. The molecule has 2 rings (SSSR count). The van der Waals surface area contributed by atoms with Gasteiger partial charge < -0.3 is 10.1 Å². The van der Waals surface area contributed by atoms with Gasteiger partial charge in [0.05, 0.1) is 17.9 Å². The Morgan fingerprint density at radius 2 is 1.82 bits per heavy atom. The second-order valence-electron chi connectivity index (χ2n) is 6.10. The molecule has 2 N–H and O–H groups in total. The molecule has 0 aliphatic rings. The molecule has 0 saturated carbocycles. The van der Waals surface area contributed by atoms with Gasteiger partial charge in [-0.1, -0.05) is 18.2 Å². The van der Waals surface area contributed by atoms with Crippen molar-refractivity contribution >= 4 is 21.6 Å². The second kappa shape index (κ2) is 8.51. The molecule has 2 aromatic rings. The first-order chi connectivity index (χ1) is 12.9. The highest BCUT2D eigenvalue weighted by Crippen LogP contribution is 2.31. The van der Waals surface area contributed by atoms with Gasteiger partial charge in [0.15, 0.2) is 6.61 Å². The number of benzene rings is 2. The molecule has 1 amide bonds. The molecule has 0 unspecified atom stereocenters. The minimum atomic E-state index is -4.50. The number of hydrogen-bond acceptors (Lipinski definition) is 4. The smallest absolute Gasteiger partial charge is 0.416 e. The summed E-state index contributed by atoms with van der Waals surface area (Å²) in [5, 5.41) is 2.64. The maximum Gasteiger partial charge on any atom is 0.416 e. The molecular weight excluding hydrogens is 397 g/mol. The molecule has 0 fully saturated rings. The van der Waals surface area contributed by atoms with Gasteiger partial charge in [-0.3, -0.25) is 9.52 Å². The van der Waals surface area contributed by atoms with Gasteiger partial charge in [0.1, 0.15) is 5.75 Å². The molecule has 0 radical (unpaired) electrons. The standard InChI is InChI=1S/C18H19F3N2O4S/c1-12(13-5-3-7-15(9-13)23-28(2,25)26)22-17(24)11-27-16-8-4-6-14(10-16)18(19,20)21/h3-10,12,23H,11H2,1-2H3,(H,22,24)/t12-/m1/s1. The quantitative estimate of drug-likeness (QED) is 0.725. The first kappa shape index (κ1) is 21.5. The fourth-order valence-electron chi connectivity index (χ4n) is 2.36. The van der Waals surface area contributed by atoms with Gasteiger partial charge in [-0.15, -0.1) is 0 Å². The Morgan fingerprint density at radius 3 is 2.46 bits per heavy atom. The molecule has 0 aromatic heterocycles. The minimum absolute atomic E-state index is 0.0722. The van der Waals surface area contributed by atoms with Gasteiger partial charge in [0.2, 0.25) is 10.0 Å². The Balaban J connectivity index is 1.95. The topological polar surface area (TPSA) is 84.5 Å². The van der Waals surface area contributed by atoms with Crippen LogP contribution in [0.3, 0.4) is 0 Å². The first-order valence-corrected chi connectivity index (χ1v) is 10.0. The Morgan fingerprint density at radius 1 is 1.14 bits per heavy atom. The summed E-state index contributed by atoms with van der Waals surface area (Å²) in [5.74, 6) is -0.608. The number of alkyl halides is 3. The van der Waals surface area contributed by atoms with Crippen molar-refractivity contribution in [3.8, 4) is 5.75 Å². The molecule has 0 heterocycles. The molecule has 28 heavy (non-hydrogen) atoms. The lowest BCUT2D eigenvalue weighted by atomic mass is 10.1. The van der Waals surface area contributed by atoms with Crippen LogP contribution in [0.5, 0.6) is 5.75 Å². The summed E-state index contributed by atoms with van der Waals surface area (Å²) < 4.78 is 68.1. The summed E-state index contributed by atoms with van der Waals surface area (Å²) in [6, 6.07) is 10.2. The molecule has 152 valence electrons. The number of amides is 1. The van der Waals surface area contributed by atoms with E-state index in [9.17, 15) is 26.4 Å². The molecular formula is C18H19F3N2O4S. The number of anilines is 1. The van der Waals surface area contributed by atoms with Crippen LogP contribution in [-0.2, 0) is 21.0 Å². The molecule has 0 aliphatic heterocycles. The molecule has 10 heteroatoms. The first-order valence-electron chi connectivity index (χ1n) is 8.11. The molecule has 0 spiro atoms. The highest BCUT2D eigenvalue weighted by Gasteiger charge is 2.30. The van der Waals surface area contributed by atoms with Crippen LogP contribution in [-0.4, -0.2) is 27.2 Å². The number of carbonyl (C=O) groups excluding carboxylic acids is 1. The summed E-state index contributed by atoms with van der Waals surface area (Å²) in [6.45, 7) is 1.22. The Hall–Kier alpha value is -2.75. The predicted molar refractivity (Wildman–Crippen MR) is 98.4 cm³/mol. The normalized spacial score (nSPS) is 12.9. The lowest BCUT2D eigenvalue weighted by Crippen LogP contribution is -2.31. The van der Waals surface area contributed by atoms with Crippen molar-refractivity contribution in [3.05, 3.63) is 59.7 Å². The van der Waals surface area contributed by atoms with Crippen LogP contribution in [0.1, 0.15) is 24.1 Å². The summed E-state index contributed by atoms with van der Waals surface area (Å²) >= 11 is 0. The largest absolute Gasteiger partial charge is 0.484 e. The maximum atomic E-state index is 12.7. The van der Waals surface area contributed by atoms with Gasteiger partial charge in [-0.2, -0.15) is 13.2 Å². The van der Waals surface area contributed by atoms with Crippen LogP contribution in [0, 0.1) is 0 Å². The van der Waals surface area contributed by atoms with Gasteiger partial charge in [0.25, 0.3) is 5.91 Å². The number of ether oxygens (including phenoxy) is 1. The number of hydrogen-bond donors (Lipinski definition) is 2. The van der Waals surface area contributed by atoms with Crippen molar-refractivity contribution in [2.75, 3.05) is 17.6 Å². The van der Waals surface area contributed by atoms with Crippen molar-refractivity contribution in [2.45, 2.75) is 19.1 Å². The zero-order chi connectivity index (χ0) is 20.9. The lowest BCUT2D eigenvalue weighted by Gasteiger charge is -2.16. The predicted octanol–water partition coefficient (Wildman–Crippen LogP) is 3.33. The molecule has 0 aliphatic carbocycles. The van der Waals surface area contributed by atoms with Crippen molar-refractivity contribution < 1.29 is 31.1 Å². The molecule has 0 bridgehead atoms. The van der Waals surface area contributed by atoms with E-state index in [0.29, 0.717) is 11.3 Å². The lowest BCUT2D eigenvalue weighted by molar-refractivity contribution is -0.137. The highest BCUT2D eigenvalue weighted by molar-refractivity contribution is 7.92. The summed E-state index contributed by atoms with van der Waals surface area (Å²) in [7, 11) is -3.43. The zero-order valence-corrected chi connectivity index (χ0v) is 15.9. The van der Waals surface area contributed by atoms with E-state index in [1.54, 1.807) is 31.2 Å². The summed E-state index contributed by atoms with van der Waals surface area (Å²) in [5.41, 5.74) is 0.122. The van der Waals surface area contributed by atoms with Gasteiger partial charge in [-0.05, 0) is 42.8 Å². The number of sulfonamides is 1. The van der Waals surface area contributed by atoms with E-state index < -0.39 is 40.3 Å². The van der Waals surface area contributed by atoms with Crippen LogP contribution in [0.2, 0.25) is 0 Å². The Labute approximate surface area is 160 Å². The number of carbonyl (C=O) groups is 1. The summed E-state index contributed by atoms with van der Waals surface area (Å²) in [4.78, 5) is 12.0. The van der Waals surface area contributed by atoms with E-state index in [1.807, 2.05) is 0 Å². The third-order valence-electron chi connectivity index (χ3n) is 3.60. The fraction of sp³-hybridized carbons (Fsp3) is 0.278. The van der Waals surface area contributed by atoms with Crippen LogP contribution in [0.25, 0.3) is 0 Å². The van der Waals surface area contributed by atoms with E-state index in [0.717, 1.165) is 18.4 Å². The summed E-state index contributed by atoms with van der Waals surface area (Å²) in [6.07, 6.45) is -3.48. The third-order valence-corrected chi connectivity index (χ3v) is 4.21. The highest BCUT2D eigenvalue weighted by atomic mass is 32.2. The van der Waals surface area contributed by atoms with Crippen LogP contribution >= 0.6 is 0 Å². The minimum Gasteiger partial charge on any atom is -0.484 e. The SMILES string of the molecule is C[C@@H](NC(=O)COc1cccc(C(F)(F)F)c1)c1cccc(NS(C)(=O)=O)c1. The molecule has 1 atom stereocenters. The average molecular weight is 416 g/mol. The second-order valence-corrected chi connectivity index (χ2v) is 7.85. The third kappa shape index (κ3) is 6.76. The van der Waals surface area contributed by atoms with E-state index in [2.05, 4.69) is 10.0 Å². The molecule has 0 saturated heterocycles. The van der Waals surface area contributed by atoms with Crippen LogP contribution in [0.4, 0.5) is 18.9 Å². The van der Waals surface area contributed by atoms with E-state index >= 15 is 0 Å². The van der Waals surface area contributed by atoms with Gasteiger partial charge in [-0.25, -0.2) is 8.42 Å². The van der Waals surface area contributed by atoms with Crippen molar-refractivity contribution in [3.63, 3.8) is 0 Å². The Bertz CT molecular complexity index is 946. The number of halogens is 3. The van der Waals surface area contributed by atoms with Crippen molar-refractivity contribution in [1.29, 1.82) is 0 Å². The monoisotopic (exact) mass is 416 g/mol. The van der Waals surface area contributed by atoms with E-state index in [1.165, 1.54) is 12.1 Å². The van der Waals surface area contributed by atoms with Gasteiger partial charge in [0, 0.05) is 5.69 Å². The van der Waals surface area contributed by atoms with Crippen LogP contribution < -0.4 is 14.8 Å². The zero-order valence-electron chi connectivity index (χ0n) is 15.1. The molecule has 6 nitrogen and oxygen atoms in total. The van der Waals surface area contributed by atoms with E-state index in [4.69, 9.17) is 4.74 Å². The number of rotatable bonds is 7. The van der Waals surface area contributed by atoms with Gasteiger partial charge >= 0.3 is 6.18 Å². The average Bonchev–Trinajstić information content (AvgIpc) is 2.58. The van der Waals surface area contributed by atoms with E-state index in [-0.39, 0.29) is 5.75 Å². The number of nitrogens with one attached hydrogen (secondary N) is 2.